The first-order valence-corrected chi connectivity index (χ1v) is 22.5. The molecule has 2 nitrogen and oxygen atoms in total. The Morgan fingerprint density at radius 2 is 0.783 bits per heavy atom. The highest BCUT2D eigenvalue weighted by atomic mass is 32.1. The van der Waals surface area contributed by atoms with Crippen LogP contribution in [-0.4, -0.2) is 0 Å². The molecule has 3 heteroatoms. The van der Waals surface area contributed by atoms with Gasteiger partial charge in [0.25, 0.3) is 0 Å². The molecule has 13 rings (SSSR count). The second-order valence-electron chi connectivity index (χ2n) is 17.8. The van der Waals surface area contributed by atoms with Gasteiger partial charge in [0, 0.05) is 59.7 Å². The van der Waals surface area contributed by atoms with Gasteiger partial charge in [-0.25, -0.2) is 0 Å². The predicted octanol–water partition coefficient (Wildman–Crippen LogP) is 16.0. The Labute approximate surface area is 356 Å². The monoisotopic (exact) mass is 788 g/mol. The van der Waals surface area contributed by atoms with E-state index in [2.05, 4.69) is 210 Å². The average molecular weight is 789 g/mol. The van der Waals surface area contributed by atoms with Crippen LogP contribution in [0.1, 0.15) is 31.2 Å². The van der Waals surface area contributed by atoms with E-state index < -0.39 is 0 Å². The summed E-state index contributed by atoms with van der Waals surface area (Å²) in [5.74, 6) is 3.11. The van der Waals surface area contributed by atoms with E-state index in [0.717, 1.165) is 57.3 Å². The predicted molar refractivity (Wildman–Crippen MR) is 253 cm³/mol. The van der Waals surface area contributed by atoms with Crippen molar-refractivity contribution in [3.05, 3.63) is 206 Å². The molecule has 2 unspecified atom stereocenters. The van der Waals surface area contributed by atoms with Gasteiger partial charge < -0.3 is 9.80 Å². The summed E-state index contributed by atoms with van der Waals surface area (Å²) < 4.78 is 2.62. The third-order valence-electron chi connectivity index (χ3n) is 15.3. The maximum absolute atomic E-state index is 2.47. The summed E-state index contributed by atoms with van der Waals surface area (Å²) in [7, 11) is 0. The van der Waals surface area contributed by atoms with Crippen molar-refractivity contribution < 1.29 is 0 Å². The number of thiophene rings is 1. The van der Waals surface area contributed by atoms with Crippen molar-refractivity contribution in [1.82, 2.24) is 0 Å². The molecule has 2 atom stereocenters. The van der Waals surface area contributed by atoms with Gasteiger partial charge in [-0.1, -0.05) is 121 Å². The molecule has 4 aliphatic rings. The zero-order valence-corrected chi connectivity index (χ0v) is 34.2. The number of benzene rings is 8. The van der Waals surface area contributed by atoms with Crippen LogP contribution in [-0.2, 0) is 5.41 Å². The van der Waals surface area contributed by atoms with Crippen LogP contribution in [0.5, 0.6) is 0 Å². The molecule has 60 heavy (non-hydrogen) atoms. The number of hydrogen-bond acceptors (Lipinski definition) is 3. The minimum atomic E-state index is 0.515. The van der Waals surface area contributed by atoms with Crippen LogP contribution in [0.3, 0.4) is 0 Å². The van der Waals surface area contributed by atoms with Crippen LogP contribution < -0.4 is 9.80 Å². The molecule has 0 saturated heterocycles. The molecule has 0 amide bonds. The van der Waals surface area contributed by atoms with Gasteiger partial charge in [-0.05, 0) is 156 Å². The molecule has 0 aliphatic heterocycles. The molecule has 9 aromatic rings. The number of hydrogen-bond donors (Lipinski definition) is 0. The van der Waals surface area contributed by atoms with E-state index in [1.54, 1.807) is 5.56 Å². The standard InChI is InChI=1S/C57H44N2S/c1-3-9-46(10-4-1)58(48-25-17-39(18-26-48)38-15-23-42(24-16-38)56-36-44-33-43-34-45(37-56)57(43,44)56)49-27-19-40(20-28-49)41-21-29-50(30-22-41)59(47-11-5-2-6-12-47)51-31-32-53-52-13-7-8-14-54(52)60-55(53)35-51/h1-32,35,43-45H,33-34,36-37H2. The van der Waals surface area contributed by atoms with Gasteiger partial charge in [0.1, 0.15) is 0 Å². The molecule has 4 saturated carbocycles. The van der Waals surface area contributed by atoms with Gasteiger partial charge in [0.15, 0.2) is 0 Å². The number of nitrogens with zero attached hydrogens (tertiary/aromatic N) is 2. The summed E-state index contributed by atoms with van der Waals surface area (Å²) in [5, 5.41) is 2.63. The quantitative estimate of drug-likeness (QED) is 0.144. The first kappa shape index (κ1) is 34.4. The van der Waals surface area contributed by atoms with Crippen LogP contribution in [0, 0.1) is 23.2 Å². The summed E-state index contributed by atoms with van der Waals surface area (Å²) in [6, 6.07) is 73.8. The van der Waals surface area contributed by atoms with Crippen LogP contribution in [0.25, 0.3) is 42.4 Å². The molecule has 4 aliphatic carbocycles. The zero-order valence-electron chi connectivity index (χ0n) is 33.4. The zero-order chi connectivity index (χ0) is 39.4. The summed E-state index contributed by atoms with van der Waals surface area (Å²) in [6.45, 7) is 0. The first-order valence-electron chi connectivity index (χ1n) is 21.7. The van der Waals surface area contributed by atoms with E-state index in [0.29, 0.717) is 5.41 Å². The van der Waals surface area contributed by atoms with Crippen molar-refractivity contribution in [3.63, 3.8) is 0 Å². The Kier molecular flexibility index (Phi) is 7.48. The minimum Gasteiger partial charge on any atom is -0.311 e. The second kappa shape index (κ2) is 13.0. The van der Waals surface area contributed by atoms with E-state index in [1.165, 1.54) is 68.1 Å². The topological polar surface area (TPSA) is 6.48 Å². The van der Waals surface area contributed by atoms with E-state index in [9.17, 15) is 0 Å². The molecule has 1 spiro atoms. The fourth-order valence-corrected chi connectivity index (χ4v) is 13.9. The number of para-hydroxylation sites is 2. The molecule has 1 heterocycles. The fraction of sp³-hybridized carbons (Fsp3) is 0.158. The van der Waals surface area contributed by atoms with Crippen LogP contribution in [0.2, 0.25) is 0 Å². The SMILES string of the molecule is c1ccc(N(c2ccc(-c3ccc(N(c4ccccc4)c4ccc5c(c4)sc4ccccc45)cc3)cc2)c2ccc(-c3ccc(C45CC6CC7CC(C4)C765)cc3)cc2)cc1. The van der Waals surface area contributed by atoms with Crippen molar-refractivity contribution in [3.8, 4) is 22.3 Å². The molecule has 0 N–H and O–H groups in total. The van der Waals surface area contributed by atoms with Gasteiger partial charge in [-0.2, -0.15) is 0 Å². The first-order chi connectivity index (χ1) is 29.7. The second-order valence-corrected chi connectivity index (χ2v) is 18.9. The van der Waals surface area contributed by atoms with E-state index in [-0.39, 0.29) is 0 Å². The molecule has 0 bridgehead atoms. The lowest BCUT2D eigenvalue weighted by Gasteiger charge is -2.91. The summed E-state index contributed by atoms with van der Waals surface area (Å²) >= 11 is 1.86. The average Bonchev–Trinajstić information content (AvgIpc) is 3.65. The number of anilines is 6. The fourth-order valence-electron chi connectivity index (χ4n) is 12.7. The normalized spacial score (nSPS) is 23.0. The van der Waals surface area contributed by atoms with Crippen molar-refractivity contribution in [2.45, 2.75) is 31.1 Å². The van der Waals surface area contributed by atoms with Gasteiger partial charge >= 0.3 is 0 Å². The Hall–Kier alpha value is -6.42. The lowest BCUT2D eigenvalue weighted by molar-refractivity contribution is -0.395. The third kappa shape index (κ3) is 4.87. The van der Waals surface area contributed by atoms with E-state index in [1.807, 2.05) is 11.3 Å². The molecule has 288 valence electrons. The number of rotatable bonds is 9. The maximum atomic E-state index is 2.47. The van der Waals surface area contributed by atoms with Crippen LogP contribution in [0.4, 0.5) is 34.1 Å². The Morgan fingerprint density at radius 1 is 0.367 bits per heavy atom. The van der Waals surface area contributed by atoms with Gasteiger partial charge in [0.05, 0.1) is 0 Å². The van der Waals surface area contributed by atoms with Gasteiger partial charge in [-0.15, -0.1) is 11.3 Å². The van der Waals surface area contributed by atoms with Crippen molar-refractivity contribution in [2.75, 3.05) is 9.80 Å². The lowest BCUT2D eigenvalue weighted by Crippen LogP contribution is -2.87. The summed E-state index contributed by atoms with van der Waals surface area (Å²) in [5.41, 5.74) is 14.6. The van der Waals surface area contributed by atoms with E-state index >= 15 is 0 Å². The maximum Gasteiger partial charge on any atom is 0.0476 e. The van der Waals surface area contributed by atoms with Crippen LogP contribution in [0.15, 0.2) is 200 Å². The highest BCUT2D eigenvalue weighted by Crippen LogP contribution is 2.92. The molecular weight excluding hydrogens is 745 g/mol. The van der Waals surface area contributed by atoms with Crippen molar-refractivity contribution >= 4 is 65.6 Å². The van der Waals surface area contributed by atoms with Crippen molar-refractivity contribution in [2.24, 2.45) is 23.2 Å². The van der Waals surface area contributed by atoms with E-state index in [4.69, 9.17) is 0 Å². The molecule has 4 fully saturated rings. The van der Waals surface area contributed by atoms with Crippen LogP contribution >= 0.6 is 11.3 Å². The molecule has 0 radical (unpaired) electrons. The number of fused-ring (bicyclic) bond motifs is 3. The van der Waals surface area contributed by atoms with Crippen molar-refractivity contribution in [1.29, 1.82) is 0 Å². The minimum absolute atomic E-state index is 0.515. The Balaban J connectivity index is 0.773. The lowest BCUT2D eigenvalue weighted by atomic mass is 9.12. The highest BCUT2D eigenvalue weighted by Gasteiger charge is 2.87. The van der Waals surface area contributed by atoms with Gasteiger partial charge in [-0.3, -0.25) is 0 Å². The Bertz CT molecular complexity index is 3020. The molecule has 1 aromatic heterocycles. The highest BCUT2D eigenvalue weighted by molar-refractivity contribution is 7.25. The largest absolute Gasteiger partial charge is 0.311 e. The van der Waals surface area contributed by atoms with Gasteiger partial charge in [0.2, 0.25) is 0 Å². The Morgan fingerprint density at radius 3 is 1.28 bits per heavy atom. The molecular formula is C57H44N2S. The third-order valence-corrected chi connectivity index (χ3v) is 16.4. The molecule has 8 aromatic carbocycles. The summed E-state index contributed by atoms with van der Waals surface area (Å²) in [6.07, 6.45) is 5.91. The smallest absolute Gasteiger partial charge is 0.0476 e. The summed E-state index contributed by atoms with van der Waals surface area (Å²) in [4.78, 5) is 4.72.